The molecule has 4 heteroatoms. The van der Waals surface area contributed by atoms with Crippen LogP contribution in [-0.2, 0) is 0 Å². The highest BCUT2D eigenvalue weighted by Crippen LogP contribution is 2.29. The van der Waals surface area contributed by atoms with Crippen molar-refractivity contribution in [2.75, 3.05) is 0 Å². The Bertz CT molecular complexity index is 453. The van der Waals surface area contributed by atoms with Crippen LogP contribution in [0, 0.1) is 13.8 Å². The van der Waals surface area contributed by atoms with Crippen LogP contribution in [0.5, 0.6) is 0 Å². The molecule has 0 bridgehead atoms. The van der Waals surface area contributed by atoms with Crippen LogP contribution in [0.15, 0.2) is 24.8 Å². The molecule has 15 heavy (non-hydrogen) atoms. The second kappa shape index (κ2) is 4.08. The van der Waals surface area contributed by atoms with Crippen LogP contribution in [0.3, 0.4) is 0 Å². The molecule has 0 fully saturated rings. The summed E-state index contributed by atoms with van der Waals surface area (Å²) in [5.41, 5.74) is 1.69. The van der Waals surface area contributed by atoms with Gasteiger partial charge in [-0.05, 0) is 25.5 Å². The number of rotatable bonds is 2. The first kappa shape index (κ1) is 10.3. The summed E-state index contributed by atoms with van der Waals surface area (Å²) in [5, 5.41) is 10.1. The van der Waals surface area contributed by atoms with E-state index in [1.165, 1.54) is 11.2 Å². The highest BCUT2D eigenvalue weighted by Gasteiger charge is 2.15. The van der Waals surface area contributed by atoms with Gasteiger partial charge in [0.2, 0.25) is 0 Å². The van der Waals surface area contributed by atoms with E-state index in [2.05, 4.69) is 9.97 Å². The normalized spacial score (nSPS) is 12.7. The molecule has 0 aromatic carbocycles. The molecule has 2 aromatic heterocycles. The molecule has 1 N–H and O–H groups in total. The molecule has 0 saturated carbocycles. The first-order valence-electron chi connectivity index (χ1n) is 4.68. The topological polar surface area (TPSA) is 46.0 Å². The third-order valence-electron chi connectivity index (χ3n) is 2.27. The van der Waals surface area contributed by atoms with Crippen LogP contribution in [-0.4, -0.2) is 15.1 Å². The Hall–Kier alpha value is -1.26. The van der Waals surface area contributed by atoms with Gasteiger partial charge in [0.25, 0.3) is 0 Å². The van der Waals surface area contributed by atoms with Crippen LogP contribution in [0.4, 0.5) is 0 Å². The van der Waals surface area contributed by atoms with E-state index in [1.807, 2.05) is 19.9 Å². The van der Waals surface area contributed by atoms with Crippen molar-refractivity contribution in [3.8, 4) is 0 Å². The standard InChI is InChI=1S/C11H12N2OS/c1-7-3-10(8(2)15-7)11(14)9-4-12-6-13-5-9/h3-6,11,14H,1-2H3. The molecule has 0 radical (unpaired) electrons. The number of thiophene rings is 1. The zero-order valence-corrected chi connectivity index (χ0v) is 9.45. The van der Waals surface area contributed by atoms with Gasteiger partial charge in [0.15, 0.2) is 0 Å². The van der Waals surface area contributed by atoms with Crippen LogP contribution >= 0.6 is 11.3 Å². The van der Waals surface area contributed by atoms with Gasteiger partial charge in [-0.25, -0.2) is 9.97 Å². The molecule has 0 saturated heterocycles. The minimum Gasteiger partial charge on any atom is -0.383 e. The van der Waals surface area contributed by atoms with Crippen molar-refractivity contribution in [2.24, 2.45) is 0 Å². The van der Waals surface area contributed by atoms with Gasteiger partial charge in [-0.2, -0.15) is 0 Å². The lowest BCUT2D eigenvalue weighted by Crippen LogP contribution is -2.00. The van der Waals surface area contributed by atoms with Crippen molar-refractivity contribution in [2.45, 2.75) is 20.0 Å². The van der Waals surface area contributed by atoms with Crippen molar-refractivity contribution in [3.05, 3.63) is 45.7 Å². The summed E-state index contributed by atoms with van der Waals surface area (Å²) in [5.74, 6) is 0. The van der Waals surface area contributed by atoms with Gasteiger partial charge >= 0.3 is 0 Å². The van der Waals surface area contributed by atoms with Crippen LogP contribution in [0.2, 0.25) is 0 Å². The van der Waals surface area contributed by atoms with E-state index < -0.39 is 6.10 Å². The Labute approximate surface area is 92.5 Å². The Morgan fingerprint density at radius 2 is 1.93 bits per heavy atom. The summed E-state index contributed by atoms with van der Waals surface area (Å²) in [4.78, 5) is 10.1. The average Bonchev–Trinajstić information content (AvgIpc) is 2.58. The Kier molecular flexibility index (Phi) is 2.79. The molecule has 2 rings (SSSR count). The van der Waals surface area contributed by atoms with Gasteiger partial charge in [0.1, 0.15) is 12.4 Å². The molecule has 0 amide bonds. The molecule has 2 aromatic rings. The highest BCUT2D eigenvalue weighted by molar-refractivity contribution is 7.12. The zero-order valence-electron chi connectivity index (χ0n) is 8.64. The Balaban J connectivity index is 2.36. The lowest BCUT2D eigenvalue weighted by atomic mass is 10.1. The molecule has 1 unspecified atom stereocenters. The van der Waals surface area contributed by atoms with E-state index in [0.29, 0.717) is 0 Å². The number of aliphatic hydroxyl groups excluding tert-OH is 1. The maximum Gasteiger partial charge on any atom is 0.115 e. The summed E-state index contributed by atoms with van der Waals surface area (Å²) in [6.07, 6.45) is 4.13. The number of hydrogen-bond donors (Lipinski definition) is 1. The predicted molar refractivity (Wildman–Crippen MR) is 59.9 cm³/mol. The van der Waals surface area contributed by atoms with E-state index in [-0.39, 0.29) is 0 Å². The minimum absolute atomic E-state index is 0.615. The van der Waals surface area contributed by atoms with Crippen molar-refractivity contribution in [1.29, 1.82) is 0 Å². The summed E-state index contributed by atoms with van der Waals surface area (Å²) in [6, 6.07) is 2.01. The fraction of sp³-hybridized carbons (Fsp3) is 0.273. The van der Waals surface area contributed by atoms with E-state index in [1.54, 1.807) is 23.7 Å². The summed E-state index contributed by atoms with van der Waals surface area (Å²) in [6.45, 7) is 4.05. The van der Waals surface area contributed by atoms with Crippen LogP contribution in [0.25, 0.3) is 0 Å². The summed E-state index contributed by atoms with van der Waals surface area (Å²) >= 11 is 1.69. The molecule has 0 spiro atoms. The van der Waals surface area contributed by atoms with Crippen LogP contribution < -0.4 is 0 Å². The molecule has 0 aliphatic heterocycles. The number of aliphatic hydroxyl groups is 1. The Morgan fingerprint density at radius 3 is 2.47 bits per heavy atom. The SMILES string of the molecule is Cc1cc(C(O)c2cncnc2)c(C)s1. The van der Waals surface area contributed by atoms with Crippen molar-refractivity contribution < 1.29 is 5.11 Å². The van der Waals surface area contributed by atoms with Crippen LogP contribution in [0.1, 0.15) is 27.0 Å². The first-order chi connectivity index (χ1) is 7.18. The zero-order chi connectivity index (χ0) is 10.8. The molecule has 3 nitrogen and oxygen atoms in total. The quantitative estimate of drug-likeness (QED) is 0.844. The molecular weight excluding hydrogens is 208 g/mol. The maximum atomic E-state index is 10.1. The number of aryl methyl sites for hydroxylation is 2. The number of hydrogen-bond acceptors (Lipinski definition) is 4. The fourth-order valence-electron chi connectivity index (χ4n) is 1.55. The van der Waals surface area contributed by atoms with Gasteiger partial charge in [-0.3, -0.25) is 0 Å². The molecule has 1 atom stereocenters. The van der Waals surface area contributed by atoms with E-state index in [4.69, 9.17) is 0 Å². The van der Waals surface area contributed by atoms with E-state index in [0.717, 1.165) is 16.0 Å². The third-order valence-corrected chi connectivity index (χ3v) is 3.25. The highest BCUT2D eigenvalue weighted by atomic mass is 32.1. The molecular formula is C11H12N2OS. The summed E-state index contributed by atoms with van der Waals surface area (Å²) in [7, 11) is 0. The average molecular weight is 220 g/mol. The number of nitrogens with zero attached hydrogens (tertiary/aromatic N) is 2. The van der Waals surface area contributed by atoms with Crippen molar-refractivity contribution in [1.82, 2.24) is 9.97 Å². The third kappa shape index (κ3) is 2.06. The van der Waals surface area contributed by atoms with Crippen molar-refractivity contribution in [3.63, 3.8) is 0 Å². The predicted octanol–water partition coefficient (Wildman–Crippen LogP) is 2.24. The van der Waals surface area contributed by atoms with E-state index >= 15 is 0 Å². The lowest BCUT2D eigenvalue weighted by Gasteiger charge is -2.09. The van der Waals surface area contributed by atoms with E-state index in [9.17, 15) is 5.11 Å². The smallest absolute Gasteiger partial charge is 0.115 e. The minimum atomic E-state index is -0.615. The summed E-state index contributed by atoms with van der Waals surface area (Å²) < 4.78 is 0. The maximum absolute atomic E-state index is 10.1. The monoisotopic (exact) mass is 220 g/mol. The first-order valence-corrected chi connectivity index (χ1v) is 5.50. The van der Waals surface area contributed by atoms with Gasteiger partial charge in [0.05, 0.1) is 0 Å². The second-order valence-electron chi connectivity index (χ2n) is 3.44. The molecule has 78 valence electrons. The van der Waals surface area contributed by atoms with Gasteiger partial charge < -0.3 is 5.11 Å². The molecule has 0 aliphatic rings. The second-order valence-corrected chi connectivity index (χ2v) is 4.90. The van der Waals surface area contributed by atoms with Gasteiger partial charge in [0, 0.05) is 27.7 Å². The number of aromatic nitrogens is 2. The van der Waals surface area contributed by atoms with Gasteiger partial charge in [-0.1, -0.05) is 0 Å². The largest absolute Gasteiger partial charge is 0.383 e. The fourth-order valence-corrected chi connectivity index (χ4v) is 2.51. The lowest BCUT2D eigenvalue weighted by molar-refractivity contribution is 0.219. The molecule has 0 aliphatic carbocycles. The van der Waals surface area contributed by atoms with Gasteiger partial charge in [-0.15, -0.1) is 11.3 Å². The molecule has 2 heterocycles. The van der Waals surface area contributed by atoms with Crippen molar-refractivity contribution >= 4 is 11.3 Å². The Morgan fingerprint density at radius 1 is 1.27 bits per heavy atom.